The van der Waals surface area contributed by atoms with Gasteiger partial charge in [0.25, 0.3) is 11.8 Å². The molecule has 6 heterocycles. The topological polar surface area (TPSA) is 190 Å². The van der Waals surface area contributed by atoms with E-state index in [1.807, 2.05) is 87.6 Å². The van der Waals surface area contributed by atoms with Gasteiger partial charge in [0.1, 0.15) is 11.9 Å². The minimum absolute atomic E-state index is 0.0191. The molecule has 0 aliphatic carbocycles. The SMILES string of the molecule is [2H]C1([2H])N(CC2CCN(c3ccc(-c4ccc5[nH]nc(-c6ccc(CNC(=O)c7nc(C(C)(C)C)no7)c(C)c6)c5c4)cc3)CC2)C([2H])([2H])C([2H])([2H])N(c2cc3c(cc2F)C(=O)N(C2CCC(=O)NC2=O)C3=O)C1([2H])[2H]. The Morgan fingerprint density at radius 3 is 2.26 bits per heavy atom. The van der Waals surface area contributed by atoms with E-state index in [-0.39, 0.29) is 42.1 Å². The van der Waals surface area contributed by atoms with Gasteiger partial charge < -0.3 is 19.6 Å². The van der Waals surface area contributed by atoms with Crippen LogP contribution in [-0.4, -0.2) is 111 Å². The first-order valence-electron chi connectivity index (χ1n) is 26.4. The summed E-state index contributed by atoms with van der Waals surface area (Å²) in [6, 6.07) is 19.8. The van der Waals surface area contributed by atoms with Crippen LogP contribution in [0.25, 0.3) is 33.3 Å². The van der Waals surface area contributed by atoms with Crippen LogP contribution in [0.3, 0.4) is 0 Å². The number of carbonyl (C=O) groups excluding carboxylic acids is 5. The van der Waals surface area contributed by atoms with Crippen molar-refractivity contribution in [2.75, 3.05) is 55.4 Å². The second-order valence-electron chi connectivity index (χ2n) is 18.5. The normalized spacial score (nSPS) is 23.1. The molecule has 1 atom stereocenters. The highest BCUT2D eigenvalue weighted by Crippen LogP contribution is 2.35. The smallest absolute Gasteiger partial charge is 0.315 e. The molecule has 3 fully saturated rings. The van der Waals surface area contributed by atoms with E-state index in [9.17, 15) is 24.0 Å². The van der Waals surface area contributed by atoms with Gasteiger partial charge in [0.15, 0.2) is 5.82 Å². The van der Waals surface area contributed by atoms with E-state index in [1.165, 1.54) is 0 Å². The number of piperidine rings is 2. The number of amides is 5. The van der Waals surface area contributed by atoms with Gasteiger partial charge in [0.2, 0.25) is 11.8 Å². The summed E-state index contributed by atoms with van der Waals surface area (Å²) >= 11 is 0. The lowest BCUT2D eigenvalue weighted by atomic mass is 9.95. The summed E-state index contributed by atoms with van der Waals surface area (Å²) in [6.07, 6.45) is 0.463. The number of H-pyrrole nitrogens is 1. The number of hydrogen-bond acceptors (Lipinski definition) is 12. The summed E-state index contributed by atoms with van der Waals surface area (Å²) in [5.41, 5.74) is 4.77. The summed E-state index contributed by atoms with van der Waals surface area (Å²) in [7, 11) is 0. The molecule has 3 saturated heterocycles. The Morgan fingerprint density at radius 1 is 0.868 bits per heavy atom. The number of rotatable bonds is 10. The van der Waals surface area contributed by atoms with Crippen LogP contribution < -0.4 is 20.4 Å². The molecule has 5 amide bonds. The number of nitrogens with one attached hydrogen (secondary N) is 3. The summed E-state index contributed by atoms with van der Waals surface area (Å²) in [4.78, 5) is 71.6. The number of fused-ring (bicyclic) bond motifs is 2. The number of nitrogens with zero attached hydrogens (tertiary/aromatic N) is 7. The number of imide groups is 2. The fourth-order valence-corrected chi connectivity index (χ4v) is 8.96. The van der Waals surface area contributed by atoms with E-state index < -0.39 is 90.1 Å². The molecule has 0 bridgehead atoms. The molecule has 1 unspecified atom stereocenters. The third-order valence-electron chi connectivity index (χ3n) is 12.9. The van der Waals surface area contributed by atoms with E-state index >= 15 is 4.39 Å². The first kappa shape index (κ1) is 35.9. The Bertz CT molecular complexity index is 3340. The van der Waals surface area contributed by atoms with E-state index in [1.54, 1.807) is 0 Å². The molecule has 4 aliphatic rings. The molecule has 0 spiro atoms. The number of aromatic nitrogens is 4. The Balaban J connectivity index is 0.795. The Kier molecular flexibility index (Phi) is 9.36. The second-order valence-corrected chi connectivity index (χ2v) is 18.5. The van der Waals surface area contributed by atoms with Crippen LogP contribution in [0.5, 0.6) is 0 Å². The van der Waals surface area contributed by atoms with Gasteiger partial charge in [-0.15, -0.1) is 0 Å². The molecule has 10 rings (SSSR count). The van der Waals surface area contributed by atoms with Gasteiger partial charge in [0, 0.05) is 86.1 Å². The Labute approximate surface area is 403 Å². The van der Waals surface area contributed by atoms with E-state index in [0.29, 0.717) is 53.7 Å². The molecule has 4 aliphatic heterocycles. The molecule has 0 saturated carbocycles. The molecule has 17 heteroatoms. The standard InChI is InChI=1S/C51H53FN10O6/c1-29-23-33(5-6-34(29)27-53-46(65)47-55-50(58-68-47)51(2,3)4)44-38-24-32(9-12-40(38)56-57-44)31-7-10-35(11-8-31)60-17-15-30(16-18-60)28-59-19-21-61(22-20-59)42-26-37-36(25-39(42)52)48(66)62(49(37)67)41-13-14-43(63)54-45(41)64/h5-12,23-26,30,41H,13-22,27-28H2,1-4H3,(H,53,65)(H,56,57)(H,54,63,64)/i19D2,20D2,21D2,22D2. The van der Waals surface area contributed by atoms with Crippen molar-refractivity contribution in [1.29, 1.82) is 0 Å². The molecular formula is C51H53FN10O6. The average Bonchev–Trinajstić information content (AvgIpc) is 4.22. The zero-order valence-corrected chi connectivity index (χ0v) is 37.7. The largest absolute Gasteiger partial charge is 0.372 e. The molecule has 4 aromatic carbocycles. The third-order valence-corrected chi connectivity index (χ3v) is 12.9. The lowest BCUT2D eigenvalue weighted by molar-refractivity contribution is -0.136. The Hall–Kier alpha value is -7.27. The third kappa shape index (κ3) is 8.62. The zero-order valence-electron chi connectivity index (χ0n) is 45.7. The van der Waals surface area contributed by atoms with Crippen molar-refractivity contribution in [3.8, 4) is 22.4 Å². The number of carbonyl (C=O) groups is 5. The van der Waals surface area contributed by atoms with Crippen molar-refractivity contribution in [3.05, 3.63) is 113 Å². The predicted molar refractivity (Wildman–Crippen MR) is 253 cm³/mol. The molecule has 2 aromatic heterocycles. The number of piperazine rings is 1. The molecular weight excluding hydrogens is 868 g/mol. The first-order chi connectivity index (χ1) is 35.7. The van der Waals surface area contributed by atoms with Crippen molar-refractivity contribution in [2.24, 2.45) is 5.92 Å². The number of aromatic amines is 1. The number of benzene rings is 4. The highest BCUT2D eigenvalue weighted by atomic mass is 19.1. The maximum atomic E-state index is 16.1. The highest BCUT2D eigenvalue weighted by molar-refractivity contribution is 6.23. The van der Waals surface area contributed by atoms with Crippen LogP contribution in [0.2, 0.25) is 0 Å². The second kappa shape index (κ2) is 17.8. The van der Waals surface area contributed by atoms with Gasteiger partial charge in [0.05, 0.1) is 33.5 Å². The van der Waals surface area contributed by atoms with Crippen LogP contribution in [0.15, 0.2) is 77.3 Å². The summed E-state index contributed by atoms with van der Waals surface area (Å²) in [5, 5.41) is 17.5. The molecule has 6 aromatic rings. The van der Waals surface area contributed by atoms with Crippen LogP contribution >= 0.6 is 0 Å². The zero-order chi connectivity index (χ0) is 54.6. The van der Waals surface area contributed by atoms with Gasteiger partial charge >= 0.3 is 11.8 Å². The maximum Gasteiger partial charge on any atom is 0.315 e. The average molecular weight is 929 g/mol. The number of anilines is 2. The predicted octanol–water partition coefficient (Wildman–Crippen LogP) is 6.39. The number of aryl methyl sites for hydroxylation is 1. The van der Waals surface area contributed by atoms with Crippen LogP contribution in [0.1, 0.15) is 106 Å². The molecule has 16 nitrogen and oxygen atoms in total. The fraction of sp³-hybridized carbons (Fsp3) is 0.373. The van der Waals surface area contributed by atoms with Gasteiger partial charge in [-0.25, -0.2) is 4.39 Å². The summed E-state index contributed by atoms with van der Waals surface area (Å²) in [5.74, 6) is -5.65. The van der Waals surface area contributed by atoms with Crippen molar-refractivity contribution >= 4 is 51.8 Å². The van der Waals surface area contributed by atoms with Crippen LogP contribution in [0.4, 0.5) is 15.8 Å². The maximum absolute atomic E-state index is 16.1. The van der Waals surface area contributed by atoms with Gasteiger partial charge in [-0.2, -0.15) is 10.1 Å². The number of hydrogen-bond donors (Lipinski definition) is 3. The highest BCUT2D eigenvalue weighted by Gasteiger charge is 2.45. The lowest BCUT2D eigenvalue weighted by Gasteiger charge is -2.40. The first-order valence-corrected chi connectivity index (χ1v) is 22.4. The van der Waals surface area contributed by atoms with Gasteiger partial charge in [-0.3, -0.25) is 44.2 Å². The molecule has 0 radical (unpaired) electrons. The van der Waals surface area contributed by atoms with E-state index in [4.69, 9.17) is 15.5 Å². The molecule has 68 heavy (non-hydrogen) atoms. The van der Waals surface area contributed by atoms with Crippen molar-refractivity contribution in [3.63, 3.8) is 0 Å². The summed E-state index contributed by atoms with van der Waals surface area (Å²) in [6.45, 7) is -4.95. The summed E-state index contributed by atoms with van der Waals surface area (Å²) < 4.78 is 93.7. The van der Waals surface area contributed by atoms with Crippen LogP contribution in [-0.2, 0) is 21.5 Å². The molecule has 350 valence electrons. The minimum atomic E-state index is -3.47. The van der Waals surface area contributed by atoms with Crippen molar-refractivity contribution in [1.82, 2.24) is 40.8 Å². The van der Waals surface area contributed by atoms with E-state index in [0.717, 1.165) is 50.1 Å². The van der Waals surface area contributed by atoms with Crippen LogP contribution in [0, 0.1) is 18.7 Å². The van der Waals surface area contributed by atoms with Gasteiger partial charge in [-0.1, -0.05) is 56.3 Å². The quantitative estimate of drug-likeness (QED) is 0.129. The van der Waals surface area contributed by atoms with Crippen molar-refractivity contribution < 1.29 is 43.9 Å². The lowest BCUT2D eigenvalue weighted by Crippen LogP contribution is -2.54. The fourth-order valence-electron chi connectivity index (χ4n) is 8.96. The monoisotopic (exact) mass is 928 g/mol. The van der Waals surface area contributed by atoms with E-state index in [2.05, 4.69) is 36.6 Å². The van der Waals surface area contributed by atoms with Crippen molar-refractivity contribution in [2.45, 2.75) is 71.4 Å². The van der Waals surface area contributed by atoms with Gasteiger partial charge in [-0.05, 0) is 96.8 Å². The minimum Gasteiger partial charge on any atom is -0.372 e. The molecule has 3 N–H and O–H groups in total. The number of halogens is 1. The Morgan fingerprint density at radius 2 is 1.57 bits per heavy atom.